The van der Waals surface area contributed by atoms with Crippen molar-refractivity contribution in [3.63, 3.8) is 0 Å². The summed E-state index contributed by atoms with van der Waals surface area (Å²) in [5.41, 5.74) is 2.73. The fraction of sp³-hybridized carbons (Fsp3) is 0.409. The molecule has 3 aliphatic rings. The van der Waals surface area contributed by atoms with Crippen LogP contribution in [0.1, 0.15) is 33.1 Å². The predicted molar refractivity (Wildman–Crippen MR) is 101 cm³/mol. The van der Waals surface area contributed by atoms with Crippen LogP contribution in [0.4, 0.5) is 0 Å². The summed E-state index contributed by atoms with van der Waals surface area (Å²) in [6.07, 6.45) is 15.5. The summed E-state index contributed by atoms with van der Waals surface area (Å²) >= 11 is 0. The first-order valence-corrected chi connectivity index (χ1v) is 8.94. The van der Waals surface area contributed by atoms with Crippen molar-refractivity contribution in [1.82, 2.24) is 0 Å². The zero-order valence-electron chi connectivity index (χ0n) is 15.9. The molecule has 0 amide bonds. The lowest BCUT2D eigenvalue weighted by Crippen LogP contribution is -2.25. The van der Waals surface area contributed by atoms with Gasteiger partial charge in [-0.25, -0.2) is 0 Å². The lowest BCUT2D eigenvalue weighted by molar-refractivity contribution is -0.111. The minimum atomic E-state index is -0.240. The van der Waals surface area contributed by atoms with Gasteiger partial charge < -0.3 is 14.2 Å². The van der Waals surface area contributed by atoms with Crippen molar-refractivity contribution in [3.8, 4) is 0 Å². The second-order valence-electron chi connectivity index (χ2n) is 7.23. The Morgan fingerprint density at radius 1 is 1.27 bits per heavy atom. The van der Waals surface area contributed by atoms with Gasteiger partial charge in [0.1, 0.15) is 23.2 Å². The molecule has 1 heterocycles. The Morgan fingerprint density at radius 2 is 2.08 bits per heavy atom. The van der Waals surface area contributed by atoms with E-state index in [0.29, 0.717) is 6.42 Å². The Hall–Kier alpha value is -2.33. The number of hydrogen-bond acceptors (Lipinski definition) is 4. The van der Waals surface area contributed by atoms with E-state index in [1.54, 1.807) is 20.3 Å². The van der Waals surface area contributed by atoms with Crippen LogP contribution in [0.5, 0.6) is 0 Å². The van der Waals surface area contributed by atoms with Gasteiger partial charge in [-0.15, -0.1) is 0 Å². The van der Waals surface area contributed by atoms with Crippen molar-refractivity contribution in [2.75, 3.05) is 14.2 Å². The van der Waals surface area contributed by atoms with E-state index in [2.05, 4.69) is 32.1 Å². The minimum absolute atomic E-state index is 0.00991. The molecule has 0 N–H and O–H groups in total. The molecule has 4 nitrogen and oxygen atoms in total. The molecule has 0 saturated carbocycles. The minimum Gasteiger partial charge on any atom is -0.498 e. The molecule has 0 bridgehead atoms. The first-order valence-electron chi connectivity index (χ1n) is 8.94. The smallest absolute Gasteiger partial charge is 0.181 e. The summed E-state index contributed by atoms with van der Waals surface area (Å²) < 4.78 is 16.7. The maximum Gasteiger partial charge on any atom is 0.181 e. The van der Waals surface area contributed by atoms with Crippen molar-refractivity contribution >= 4 is 5.78 Å². The molecule has 0 fully saturated rings. The number of hydrogen-bond donors (Lipinski definition) is 0. The largest absolute Gasteiger partial charge is 0.498 e. The molecule has 0 aromatic heterocycles. The maximum atomic E-state index is 12.5. The van der Waals surface area contributed by atoms with Crippen LogP contribution in [0.15, 0.2) is 70.8 Å². The first-order chi connectivity index (χ1) is 12.4. The Kier molecular flexibility index (Phi) is 5.33. The predicted octanol–water partition coefficient (Wildman–Crippen LogP) is 4.33. The lowest BCUT2D eigenvalue weighted by atomic mass is 9.92. The fourth-order valence-electron chi connectivity index (χ4n) is 3.31. The fourth-order valence-corrected chi connectivity index (χ4v) is 3.31. The van der Waals surface area contributed by atoms with Gasteiger partial charge in [0.05, 0.1) is 7.11 Å². The van der Waals surface area contributed by atoms with E-state index < -0.39 is 0 Å². The SMILES string of the molecule is COC1=CC=C(C(=O)/C=C/C2=CC3=C(CC2)OC(C)(C)C=C3)CC1OC. The molecule has 138 valence electrons. The number of carbonyl (C=O) groups is 1. The molecular weight excluding hydrogens is 328 g/mol. The van der Waals surface area contributed by atoms with Crippen LogP contribution in [0.2, 0.25) is 0 Å². The van der Waals surface area contributed by atoms with Crippen LogP contribution >= 0.6 is 0 Å². The van der Waals surface area contributed by atoms with Crippen molar-refractivity contribution in [1.29, 1.82) is 0 Å². The van der Waals surface area contributed by atoms with Crippen molar-refractivity contribution in [3.05, 3.63) is 70.8 Å². The zero-order chi connectivity index (χ0) is 18.7. The van der Waals surface area contributed by atoms with Crippen LogP contribution < -0.4 is 0 Å². The topological polar surface area (TPSA) is 44.8 Å². The van der Waals surface area contributed by atoms with E-state index in [0.717, 1.165) is 41.1 Å². The van der Waals surface area contributed by atoms with Gasteiger partial charge in [0.15, 0.2) is 5.78 Å². The molecule has 4 heteroatoms. The van der Waals surface area contributed by atoms with Gasteiger partial charge >= 0.3 is 0 Å². The molecule has 1 atom stereocenters. The van der Waals surface area contributed by atoms with Crippen LogP contribution in [0.25, 0.3) is 0 Å². The quantitative estimate of drug-likeness (QED) is 0.690. The number of ether oxygens (including phenoxy) is 3. The van der Waals surface area contributed by atoms with Crippen molar-refractivity contribution in [2.24, 2.45) is 0 Å². The highest BCUT2D eigenvalue weighted by atomic mass is 16.5. The molecule has 3 rings (SSSR count). The number of carbonyl (C=O) groups excluding carboxylic acids is 1. The third-order valence-corrected chi connectivity index (χ3v) is 4.81. The third kappa shape index (κ3) is 4.07. The van der Waals surface area contributed by atoms with Crippen molar-refractivity contribution in [2.45, 2.75) is 44.8 Å². The van der Waals surface area contributed by atoms with E-state index >= 15 is 0 Å². The maximum absolute atomic E-state index is 12.5. The standard InChI is InChI=1S/C22H26O4/c1-22(2)12-11-17-13-15(6-9-19(17)26-22)5-8-18(23)16-7-10-20(24-3)21(14-16)25-4/h5,7-8,10-13,21H,6,9,14H2,1-4H3/b8-5+. The first kappa shape index (κ1) is 18.5. The molecule has 0 saturated heterocycles. The molecule has 2 aliphatic carbocycles. The summed E-state index contributed by atoms with van der Waals surface area (Å²) in [5, 5.41) is 0. The van der Waals surface area contributed by atoms with Gasteiger partial charge in [0, 0.05) is 31.1 Å². The second kappa shape index (κ2) is 7.50. The molecule has 1 aliphatic heterocycles. The monoisotopic (exact) mass is 354 g/mol. The average molecular weight is 354 g/mol. The highest BCUT2D eigenvalue weighted by molar-refractivity contribution is 6.04. The van der Waals surface area contributed by atoms with Gasteiger partial charge in [-0.1, -0.05) is 18.2 Å². The number of rotatable bonds is 5. The highest BCUT2D eigenvalue weighted by Crippen LogP contribution is 2.34. The van der Waals surface area contributed by atoms with Gasteiger partial charge in [0.25, 0.3) is 0 Å². The Balaban J connectivity index is 1.69. The summed E-state index contributed by atoms with van der Waals surface area (Å²) in [6.45, 7) is 4.11. The van der Waals surface area contributed by atoms with Crippen molar-refractivity contribution < 1.29 is 19.0 Å². The van der Waals surface area contributed by atoms with E-state index in [1.165, 1.54) is 0 Å². The Labute approximate surface area is 155 Å². The second-order valence-corrected chi connectivity index (χ2v) is 7.23. The molecule has 1 unspecified atom stereocenters. The van der Waals surface area contributed by atoms with E-state index in [9.17, 15) is 4.79 Å². The number of methoxy groups -OCH3 is 2. The van der Waals surface area contributed by atoms with Gasteiger partial charge in [-0.05, 0) is 50.1 Å². The molecule has 0 spiro atoms. The summed E-state index contributed by atoms with van der Waals surface area (Å²) in [6, 6.07) is 0. The number of ketones is 1. The highest BCUT2D eigenvalue weighted by Gasteiger charge is 2.25. The lowest BCUT2D eigenvalue weighted by Gasteiger charge is -2.31. The van der Waals surface area contributed by atoms with Crippen LogP contribution in [-0.2, 0) is 19.0 Å². The average Bonchev–Trinajstić information content (AvgIpc) is 2.64. The van der Waals surface area contributed by atoms with Crippen LogP contribution in [-0.4, -0.2) is 31.7 Å². The van der Waals surface area contributed by atoms with E-state index in [4.69, 9.17) is 14.2 Å². The van der Waals surface area contributed by atoms with Crippen LogP contribution in [0.3, 0.4) is 0 Å². The molecule has 0 aromatic rings. The molecule has 26 heavy (non-hydrogen) atoms. The summed E-state index contributed by atoms with van der Waals surface area (Å²) in [5.74, 6) is 1.79. The number of allylic oxidation sites excluding steroid dienone is 9. The van der Waals surface area contributed by atoms with Gasteiger partial charge in [0.2, 0.25) is 0 Å². The van der Waals surface area contributed by atoms with E-state index in [-0.39, 0.29) is 17.5 Å². The van der Waals surface area contributed by atoms with Gasteiger partial charge in [-0.2, -0.15) is 0 Å². The molecule has 0 radical (unpaired) electrons. The zero-order valence-corrected chi connectivity index (χ0v) is 15.9. The summed E-state index contributed by atoms with van der Waals surface area (Å²) in [4.78, 5) is 12.5. The van der Waals surface area contributed by atoms with Crippen LogP contribution in [0, 0.1) is 0 Å². The van der Waals surface area contributed by atoms with E-state index in [1.807, 2.05) is 18.2 Å². The third-order valence-electron chi connectivity index (χ3n) is 4.81. The molecular formula is C22H26O4. The Bertz CT molecular complexity index is 772. The van der Waals surface area contributed by atoms with Gasteiger partial charge in [-0.3, -0.25) is 4.79 Å². The molecule has 0 aromatic carbocycles. The summed E-state index contributed by atoms with van der Waals surface area (Å²) in [7, 11) is 3.24. The Morgan fingerprint density at radius 3 is 2.81 bits per heavy atom. The normalized spacial score (nSPS) is 24.5.